The van der Waals surface area contributed by atoms with E-state index in [4.69, 9.17) is 16.6 Å². The number of primary amides is 1. The van der Waals surface area contributed by atoms with E-state index in [9.17, 15) is 29.1 Å². The summed E-state index contributed by atoms with van der Waals surface area (Å²) in [6, 6.07) is -3.61. The molecule has 4 atom stereocenters. The Labute approximate surface area is 244 Å². The number of amides is 4. The van der Waals surface area contributed by atoms with Crippen LogP contribution in [0, 0.1) is 5.92 Å². The third-order valence-electron chi connectivity index (χ3n) is 8.11. The van der Waals surface area contributed by atoms with E-state index in [0.29, 0.717) is 30.9 Å². The van der Waals surface area contributed by atoms with E-state index in [-0.39, 0.29) is 25.9 Å². The first-order chi connectivity index (χ1) is 19.8. The Hall–Kier alpha value is -3.59. The highest BCUT2D eigenvalue weighted by atomic mass is 16.4. The SMILES string of the molecule is CC(C)(O)c1cnnn1[C@H]1C[C@@H](C(=O)NC(CCCCNC(=O)O)C(=O)C(N)=O)N(C(=O)[C@H](N)CC2CCCCC2)C1. The first-order valence-electron chi connectivity index (χ1n) is 14.6. The fraction of sp³-hybridized carbons (Fsp3) is 0.741. The summed E-state index contributed by atoms with van der Waals surface area (Å²) in [5.41, 5.74) is 10.7. The average molecular weight is 593 g/mol. The molecule has 1 aliphatic heterocycles. The smallest absolute Gasteiger partial charge is 0.404 e. The molecule has 1 unspecified atom stereocenters. The van der Waals surface area contributed by atoms with Gasteiger partial charge >= 0.3 is 6.09 Å². The molecule has 15 nitrogen and oxygen atoms in total. The van der Waals surface area contributed by atoms with E-state index in [1.807, 2.05) is 0 Å². The Morgan fingerprint density at radius 1 is 1.14 bits per heavy atom. The first-order valence-corrected chi connectivity index (χ1v) is 14.6. The molecule has 2 fully saturated rings. The molecule has 4 amide bonds. The number of aliphatic hydroxyl groups is 1. The molecule has 0 aromatic carbocycles. The van der Waals surface area contributed by atoms with Gasteiger partial charge in [-0.3, -0.25) is 19.2 Å². The van der Waals surface area contributed by atoms with Gasteiger partial charge in [-0.05, 0) is 45.4 Å². The van der Waals surface area contributed by atoms with Crippen LogP contribution in [0.25, 0.3) is 0 Å². The molecule has 0 spiro atoms. The van der Waals surface area contributed by atoms with Gasteiger partial charge < -0.3 is 37.2 Å². The van der Waals surface area contributed by atoms with Gasteiger partial charge in [-0.1, -0.05) is 37.3 Å². The highest BCUT2D eigenvalue weighted by Gasteiger charge is 2.44. The summed E-state index contributed by atoms with van der Waals surface area (Å²) < 4.78 is 1.50. The second-order valence-corrected chi connectivity index (χ2v) is 11.9. The number of nitrogens with two attached hydrogens (primary N) is 2. The Morgan fingerprint density at radius 2 is 1.83 bits per heavy atom. The quantitative estimate of drug-likeness (QED) is 0.124. The van der Waals surface area contributed by atoms with Gasteiger partial charge in [0.2, 0.25) is 17.6 Å². The van der Waals surface area contributed by atoms with Crippen molar-refractivity contribution in [3.8, 4) is 0 Å². The second-order valence-electron chi connectivity index (χ2n) is 11.9. The minimum absolute atomic E-state index is 0.0476. The number of Topliss-reactive ketones (excluding diaryl/α,β-unsaturated/α-hetero) is 1. The van der Waals surface area contributed by atoms with Crippen LogP contribution in [0.5, 0.6) is 0 Å². The fourth-order valence-corrected chi connectivity index (χ4v) is 5.91. The van der Waals surface area contributed by atoms with E-state index in [1.165, 1.54) is 22.2 Å². The Bertz CT molecular complexity index is 1130. The Morgan fingerprint density at radius 3 is 2.45 bits per heavy atom. The summed E-state index contributed by atoms with van der Waals surface area (Å²) in [5.74, 6) is -2.92. The zero-order valence-electron chi connectivity index (χ0n) is 24.3. The van der Waals surface area contributed by atoms with Crippen LogP contribution in [0.1, 0.15) is 89.8 Å². The number of likely N-dealkylation sites (tertiary alicyclic amines) is 1. The molecule has 1 saturated heterocycles. The molecule has 0 radical (unpaired) electrons. The maximum absolute atomic E-state index is 13.7. The number of nitrogens with zero attached hydrogens (tertiary/aromatic N) is 4. The van der Waals surface area contributed by atoms with Gasteiger partial charge in [0.25, 0.3) is 5.91 Å². The van der Waals surface area contributed by atoms with Crippen LogP contribution in [0.15, 0.2) is 6.20 Å². The van der Waals surface area contributed by atoms with Gasteiger partial charge in [-0.25, -0.2) is 9.48 Å². The standard InChI is InChI=1S/C27H44N8O7/c1-27(2,42)21-14-31-33-35(21)17-13-20(34(15-17)25(39)18(28)12-16-8-4-3-5-9-16)24(38)32-19(22(36)23(29)37)10-6-7-11-30-26(40)41/h14,16-20,30,42H,3-13,15,28H2,1-2H3,(H2,29,37)(H,32,38)(H,40,41)/t17-,18+,19?,20-/m0/s1. The molecule has 42 heavy (non-hydrogen) atoms. The Kier molecular flexibility index (Phi) is 11.4. The van der Waals surface area contributed by atoms with Crippen molar-refractivity contribution < 1.29 is 34.2 Å². The zero-order chi connectivity index (χ0) is 31.0. The molecule has 1 aromatic rings. The number of nitrogens with one attached hydrogen (secondary N) is 2. The molecule has 0 bridgehead atoms. The fourth-order valence-electron chi connectivity index (χ4n) is 5.91. The number of rotatable bonds is 14. The predicted molar refractivity (Wildman–Crippen MR) is 150 cm³/mol. The van der Waals surface area contributed by atoms with Crippen molar-refractivity contribution in [2.45, 2.75) is 108 Å². The van der Waals surface area contributed by atoms with Crippen molar-refractivity contribution in [2.24, 2.45) is 17.4 Å². The Balaban J connectivity index is 1.80. The number of carboxylic acid groups (broad SMARTS) is 1. The van der Waals surface area contributed by atoms with E-state index < -0.39 is 59.4 Å². The van der Waals surface area contributed by atoms with Crippen LogP contribution >= 0.6 is 0 Å². The molecule has 2 heterocycles. The van der Waals surface area contributed by atoms with Gasteiger partial charge in [0, 0.05) is 19.5 Å². The number of hydrogen-bond donors (Lipinski definition) is 6. The van der Waals surface area contributed by atoms with E-state index in [1.54, 1.807) is 13.8 Å². The van der Waals surface area contributed by atoms with Gasteiger partial charge in [-0.2, -0.15) is 0 Å². The lowest BCUT2D eigenvalue weighted by molar-refractivity contribution is -0.142. The number of carbonyl (C=O) groups excluding carboxylic acids is 4. The molecule has 8 N–H and O–H groups in total. The van der Waals surface area contributed by atoms with Gasteiger partial charge in [0.1, 0.15) is 11.6 Å². The lowest BCUT2D eigenvalue weighted by Gasteiger charge is -2.30. The monoisotopic (exact) mass is 592 g/mol. The van der Waals surface area contributed by atoms with E-state index in [0.717, 1.165) is 25.7 Å². The molecule has 1 saturated carbocycles. The summed E-state index contributed by atoms with van der Waals surface area (Å²) >= 11 is 0. The topological polar surface area (TPSA) is 236 Å². The second kappa shape index (κ2) is 14.5. The van der Waals surface area contributed by atoms with Crippen molar-refractivity contribution >= 4 is 29.6 Å². The molecule has 3 rings (SSSR count). The largest absolute Gasteiger partial charge is 0.465 e. The molecule has 234 valence electrons. The summed E-state index contributed by atoms with van der Waals surface area (Å²) in [6.07, 6.45) is 6.94. The molecule has 2 aliphatic rings. The van der Waals surface area contributed by atoms with Crippen LogP contribution in [0.4, 0.5) is 4.79 Å². The van der Waals surface area contributed by atoms with Crippen molar-refractivity contribution in [3.05, 3.63) is 11.9 Å². The maximum Gasteiger partial charge on any atom is 0.404 e. The molecular formula is C27H44N8O7. The minimum Gasteiger partial charge on any atom is -0.465 e. The predicted octanol–water partition coefficient (Wildman–Crippen LogP) is -0.0777. The normalized spacial score (nSPS) is 21.0. The summed E-state index contributed by atoms with van der Waals surface area (Å²) in [6.45, 7) is 3.37. The van der Waals surface area contributed by atoms with Crippen LogP contribution in [-0.2, 0) is 24.8 Å². The van der Waals surface area contributed by atoms with Crippen molar-refractivity contribution in [3.63, 3.8) is 0 Å². The first kappa shape index (κ1) is 32.9. The number of hydrogen-bond acceptors (Lipinski definition) is 9. The van der Waals surface area contributed by atoms with Gasteiger partial charge in [0.15, 0.2) is 0 Å². The van der Waals surface area contributed by atoms with Crippen molar-refractivity contribution in [1.82, 2.24) is 30.5 Å². The van der Waals surface area contributed by atoms with Gasteiger partial charge in [0.05, 0.1) is 30.0 Å². The van der Waals surface area contributed by atoms with Gasteiger partial charge in [-0.15, -0.1) is 5.10 Å². The summed E-state index contributed by atoms with van der Waals surface area (Å²) in [4.78, 5) is 63.7. The highest BCUT2D eigenvalue weighted by molar-refractivity contribution is 6.37. The lowest BCUT2D eigenvalue weighted by atomic mass is 9.84. The average Bonchev–Trinajstić information content (AvgIpc) is 3.59. The van der Waals surface area contributed by atoms with Crippen molar-refractivity contribution in [2.75, 3.05) is 13.1 Å². The number of carbonyl (C=O) groups is 5. The molecule has 1 aliphatic carbocycles. The number of unbranched alkanes of at least 4 members (excludes halogenated alkanes) is 1. The van der Waals surface area contributed by atoms with E-state index >= 15 is 0 Å². The minimum atomic E-state index is -1.29. The number of ketones is 1. The lowest BCUT2D eigenvalue weighted by Crippen LogP contribution is -2.55. The van der Waals surface area contributed by atoms with Crippen LogP contribution < -0.4 is 22.1 Å². The van der Waals surface area contributed by atoms with Crippen LogP contribution in [0.2, 0.25) is 0 Å². The summed E-state index contributed by atoms with van der Waals surface area (Å²) in [5, 5.41) is 32.2. The number of aromatic nitrogens is 3. The van der Waals surface area contributed by atoms with Crippen molar-refractivity contribution in [1.29, 1.82) is 0 Å². The summed E-state index contributed by atoms with van der Waals surface area (Å²) in [7, 11) is 0. The molecule has 1 aromatic heterocycles. The maximum atomic E-state index is 13.7. The molecule has 15 heteroatoms. The third kappa shape index (κ3) is 8.71. The third-order valence-corrected chi connectivity index (χ3v) is 8.11. The van der Waals surface area contributed by atoms with E-state index in [2.05, 4.69) is 20.9 Å². The zero-order valence-corrected chi connectivity index (χ0v) is 24.3. The molecular weight excluding hydrogens is 548 g/mol. The highest BCUT2D eigenvalue weighted by Crippen LogP contribution is 2.33. The van der Waals surface area contributed by atoms with Crippen LogP contribution in [0.3, 0.4) is 0 Å². The van der Waals surface area contributed by atoms with Crippen LogP contribution in [-0.4, -0.2) is 90.9 Å².